The minimum absolute atomic E-state index is 0.275. The summed E-state index contributed by atoms with van der Waals surface area (Å²) >= 11 is 0. The van der Waals surface area contributed by atoms with Crippen LogP contribution in [0.2, 0.25) is 0 Å². The molecule has 2 heterocycles. The quantitative estimate of drug-likeness (QED) is 0.782. The van der Waals surface area contributed by atoms with Gasteiger partial charge in [0, 0.05) is 18.8 Å². The number of benzene rings is 1. The lowest BCUT2D eigenvalue weighted by molar-refractivity contribution is 0.614. The first kappa shape index (κ1) is 11.7. The highest BCUT2D eigenvalue weighted by Gasteiger charge is 2.11. The van der Waals surface area contributed by atoms with Crippen LogP contribution in [-0.4, -0.2) is 19.3 Å². The van der Waals surface area contributed by atoms with Crippen molar-refractivity contribution in [2.45, 2.75) is 20.0 Å². The normalized spacial score (nSPS) is 11.3. The van der Waals surface area contributed by atoms with Gasteiger partial charge in [-0.25, -0.2) is 9.37 Å². The molecule has 98 valence electrons. The van der Waals surface area contributed by atoms with Crippen molar-refractivity contribution in [3.63, 3.8) is 0 Å². The van der Waals surface area contributed by atoms with E-state index in [4.69, 9.17) is 5.73 Å². The van der Waals surface area contributed by atoms with Gasteiger partial charge in [-0.2, -0.15) is 5.10 Å². The molecule has 0 radical (unpaired) electrons. The maximum absolute atomic E-state index is 13.2. The molecule has 2 N–H and O–H groups in total. The zero-order valence-corrected chi connectivity index (χ0v) is 10.5. The molecular formula is C13H14FN5. The molecule has 19 heavy (non-hydrogen) atoms. The lowest BCUT2D eigenvalue weighted by Gasteiger charge is -2.05. The average Bonchev–Trinajstić information content (AvgIpc) is 2.92. The summed E-state index contributed by atoms with van der Waals surface area (Å²) in [6.45, 7) is 3.32. The SMILES string of the molecule is CCn1c(Cn2cc(N)cn2)nc2cc(F)ccc21. The van der Waals surface area contributed by atoms with Crippen LogP contribution in [0.25, 0.3) is 11.0 Å². The molecule has 0 aliphatic rings. The molecule has 5 nitrogen and oxygen atoms in total. The fraction of sp³-hybridized carbons (Fsp3) is 0.231. The zero-order chi connectivity index (χ0) is 13.4. The molecule has 0 spiro atoms. The summed E-state index contributed by atoms with van der Waals surface area (Å²) in [5.74, 6) is 0.564. The standard InChI is InChI=1S/C13H14FN5/c1-2-19-12-4-3-9(14)5-11(12)17-13(19)8-18-7-10(15)6-16-18/h3-7H,2,8,15H2,1H3. The number of hydrogen-bond donors (Lipinski definition) is 1. The predicted octanol–water partition coefficient (Wildman–Crippen LogP) is 2.02. The van der Waals surface area contributed by atoms with Crippen LogP contribution in [0.3, 0.4) is 0 Å². The van der Waals surface area contributed by atoms with Gasteiger partial charge in [0.2, 0.25) is 0 Å². The average molecular weight is 259 g/mol. The van der Waals surface area contributed by atoms with Crippen LogP contribution in [0, 0.1) is 5.82 Å². The maximum Gasteiger partial charge on any atom is 0.131 e. The first-order valence-corrected chi connectivity index (χ1v) is 6.10. The Morgan fingerprint density at radius 3 is 2.89 bits per heavy atom. The third-order valence-corrected chi connectivity index (χ3v) is 3.06. The van der Waals surface area contributed by atoms with Gasteiger partial charge in [0.15, 0.2) is 0 Å². The maximum atomic E-state index is 13.2. The summed E-state index contributed by atoms with van der Waals surface area (Å²) in [6.07, 6.45) is 3.35. The lowest BCUT2D eigenvalue weighted by Crippen LogP contribution is -2.08. The molecule has 0 aliphatic carbocycles. The number of nitrogen functional groups attached to an aromatic ring is 1. The first-order chi connectivity index (χ1) is 9.17. The molecule has 3 aromatic rings. The molecule has 0 fully saturated rings. The van der Waals surface area contributed by atoms with Crippen molar-refractivity contribution in [3.8, 4) is 0 Å². The van der Waals surface area contributed by atoms with Crippen LogP contribution < -0.4 is 5.73 Å². The smallest absolute Gasteiger partial charge is 0.131 e. The van der Waals surface area contributed by atoms with Crippen LogP contribution in [0.1, 0.15) is 12.7 Å². The second kappa shape index (κ2) is 4.38. The minimum atomic E-state index is -0.275. The molecule has 0 saturated heterocycles. The molecule has 0 saturated carbocycles. The van der Waals surface area contributed by atoms with Gasteiger partial charge >= 0.3 is 0 Å². The Hall–Kier alpha value is -2.37. The number of aromatic nitrogens is 4. The van der Waals surface area contributed by atoms with Crippen LogP contribution in [0.15, 0.2) is 30.6 Å². The Kier molecular flexibility index (Phi) is 2.70. The van der Waals surface area contributed by atoms with Gasteiger partial charge in [0.05, 0.1) is 29.5 Å². The topological polar surface area (TPSA) is 61.7 Å². The highest BCUT2D eigenvalue weighted by molar-refractivity contribution is 5.76. The Morgan fingerprint density at radius 2 is 2.21 bits per heavy atom. The molecule has 0 atom stereocenters. The van der Waals surface area contributed by atoms with Crippen LogP contribution >= 0.6 is 0 Å². The van der Waals surface area contributed by atoms with Crippen molar-refractivity contribution in [1.29, 1.82) is 0 Å². The summed E-state index contributed by atoms with van der Waals surface area (Å²) < 4.78 is 17.0. The van der Waals surface area contributed by atoms with Gasteiger partial charge in [-0.05, 0) is 19.1 Å². The summed E-state index contributed by atoms with van der Waals surface area (Å²) in [7, 11) is 0. The molecule has 0 unspecified atom stereocenters. The number of imidazole rings is 1. The Labute approximate surface area is 109 Å². The van der Waals surface area contributed by atoms with E-state index in [9.17, 15) is 4.39 Å². The van der Waals surface area contributed by atoms with Crippen molar-refractivity contribution in [3.05, 3.63) is 42.2 Å². The van der Waals surface area contributed by atoms with E-state index in [1.165, 1.54) is 12.1 Å². The van der Waals surface area contributed by atoms with E-state index in [0.29, 0.717) is 17.7 Å². The third-order valence-electron chi connectivity index (χ3n) is 3.06. The highest BCUT2D eigenvalue weighted by atomic mass is 19.1. The lowest BCUT2D eigenvalue weighted by atomic mass is 10.3. The number of aryl methyl sites for hydroxylation is 1. The monoisotopic (exact) mass is 259 g/mol. The van der Waals surface area contributed by atoms with E-state index in [-0.39, 0.29) is 5.82 Å². The van der Waals surface area contributed by atoms with E-state index in [1.54, 1.807) is 23.1 Å². The number of hydrogen-bond acceptors (Lipinski definition) is 3. The van der Waals surface area contributed by atoms with Crippen molar-refractivity contribution in [2.75, 3.05) is 5.73 Å². The van der Waals surface area contributed by atoms with E-state index in [1.807, 2.05) is 11.5 Å². The zero-order valence-electron chi connectivity index (χ0n) is 10.5. The number of anilines is 1. The van der Waals surface area contributed by atoms with E-state index < -0.39 is 0 Å². The summed E-state index contributed by atoms with van der Waals surface area (Å²) in [4.78, 5) is 4.47. The van der Waals surface area contributed by atoms with Crippen molar-refractivity contribution < 1.29 is 4.39 Å². The summed E-state index contributed by atoms with van der Waals surface area (Å²) in [6, 6.07) is 4.65. The van der Waals surface area contributed by atoms with Crippen LogP contribution in [-0.2, 0) is 13.1 Å². The van der Waals surface area contributed by atoms with E-state index in [0.717, 1.165) is 17.9 Å². The molecular weight excluding hydrogens is 245 g/mol. The van der Waals surface area contributed by atoms with Gasteiger partial charge in [0.25, 0.3) is 0 Å². The summed E-state index contributed by atoms with van der Waals surface area (Å²) in [5.41, 5.74) is 7.85. The second-order valence-corrected chi connectivity index (χ2v) is 4.38. The Morgan fingerprint density at radius 1 is 1.37 bits per heavy atom. The molecule has 1 aromatic carbocycles. The Bertz CT molecular complexity index is 728. The summed E-state index contributed by atoms with van der Waals surface area (Å²) in [5, 5.41) is 4.14. The third kappa shape index (κ3) is 2.05. The van der Waals surface area contributed by atoms with Gasteiger partial charge in [-0.15, -0.1) is 0 Å². The second-order valence-electron chi connectivity index (χ2n) is 4.38. The van der Waals surface area contributed by atoms with Gasteiger partial charge in [0.1, 0.15) is 11.6 Å². The van der Waals surface area contributed by atoms with Gasteiger partial charge in [-0.1, -0.05) is 0 Å². The molecule has 2 aromatic heterocycles. The van der Waals surface area contributed by atoms with E-state index in [2.05, 4.69) is 10.1 Å². The molecule has 0 aliphatic heterocycles. The van der Waals surface area contributed by atoms with Crippen LogP contribution in [0.4, 0.5) is 10.1 Å². The van der Waals surface area contributed by atoms with E-state index >= 15 is 0 Å². The van der Waals surface area contributed by atoms with Crippen molar-refractivity contribution in [2.24, 2.45) is 0 Å². The fourth-order valence-corrected chi connectivity index (χ4v) is 2.24. The number of fused-ring (bicyclic) bond motifs is 1. The number of rotatable bonds is 3. The predicted molar refractivity (Wildman–Crippen MR) is 71.1 cm³/mol. The van der Waals surface area contributed by atoms with Gasteiger partial charge in [-0.3, -0.25) is 4.68 Å². The van der Waals surface area contributed by atoms with Crippen molar-refractivity contribution >= 4 is 16.7 Å². The fourth-order valence-electron chi connectivity index (χ4n) is 2.24. The number of halogens is 1. The molecule has 0 bridgehead atoms. The molecule has 0 amide bonds. The number of nitrogens with two attached hydrogens (primary N) is 1. The van der Waals surface area contributed by atoms with Crippen LogP contribution in [0.5, 0.6) is 0 Å². The largest absolute Gasteiger partial charge is 0.396 e. The van der Waals surface area contributed by atoms with Crippen molar-refractivity contribution in [1.82, 2.24) is 19.3 Å². The number of nitrogens with zero attached hydrogens (tertiary/aromatic N) is 4. The molecule has 6 heteroatoms. The Balaban J connectivity index is 2.07. The molecule has 3 rings (SSSR count). The van der Waals surface area contributed by atoms with Gasteiger partial charge < -0.3 is 10.3 Å². The first-order valence-electron chi connectivity index (χ1n) is 6.10. The highest BCUT2D eigenvalue weighted by Crippen LogP contribution is 2.18. The minimum Gasteiger partial charge on any atom is -0.396 e.